The summed E-state index contributed by atoms with van der Waals surface area (Å²) in [5, 5.41) is 0.850. The van der Waals surface area contributed by atoms with Gasteiger partial charge in [-0.1, -0.05) is 11.8 Å². The zero-order valence-corrected chi connectivity index (χ0v) is 13.1. The van der Waals surface area contributed by atoms with Crippen LogP contribution in [0, 0.1) is 6.92 Å². The number of nitrogens with one attached hydrogen (secondary N) is 1. The molecule has 19 heavy (non-hydrogen) atoms. The van der Waals surface area contributed by atoms with E-state index >= 15 is 0 Å². The van der Waals surface area contributed by atoms with Crippen LogP contribution in [0.5, 0.6) is 0 Å². The molecule has 0 spiro atoms. The van der Waals surface area contributed by atoms with Crippen molar-refractivity contribution < 1.29 is 9.72 Å². The Morgan fingerprint density at radius 1 is 1.37 bits per heavy atom. The number of aromatic nitrogens is 2. The Morgan fingerprint density at radius 3 is 2.63 bits per heavy atom. The minimum atomic E-state index is -0.147. The van der Waals surface area contributed by atoms with Crippen molar-refractivity contribution in [1.82, 2.24) is 4.98 Å². The van der Waals surface area contributed by atoms with Gasteiger partial charge in [-0.25, -0.2) is 4.98 Å². The van der Waals surface area contributed by atoms with Gasteiger partial charge in [0.05, 0.1) is 17.8 Å². The Bertz CT molecular complexity index is 514. The van der Waals surface area contributed by atoms with Gasteiger partial charge in [-0.3, -0.25) is 0 Å². The summed E-state index contributed by atoms with van der Waals surface area (Å²) in [6.45, 7) is 9.00. The van der Waals surface area contributed by atoms with Crippen LogP contribution in [0.2, 0.25) is 0 Å². The maximum atomic E-state index is 6.20. The van der Waals surface area contributed by atoms with Crippen LogP contribution in [0.3, 0.4) is 0 Å². The first-order valence-electron chi connectivity index (χ1n) is 6.40. The zero-order valence-electron chi connectivity index (χ0n) is 12.3. The molecular weight excluding hydrogens is 258 g/mol. The number of thioether (sulfide) groups is 1. The standard InChI is InChI=1S/C14H21N3OS/c1-8-7-18-14(3,4)6-10(8)11-9(2)16-13(19-5)17-12(11)15/h6-7H2,1-5H3,(H2,15,16,17)/p+1. The van der Waals surface area contributed by atoms with E-state index < -0.39 is 0 Å². The second kappa shape index (κ2) is 5.13. The van der Waals surface area contributed by atoms with Crippen molar-refractivity contribution in [3.8, 4) is 0 Å². The minimum absolute atomic E-state index is 0.147. The minimum Gasteiger partial charge on any atom is -0.371 e. The Hall–Kier alpha value is -1.07. The summed E-state index contributed by atoms with van der Waals surface area (Å²) in [5.74, 6) is 0.698. The van der Waals surface area contributed by atoms with Gasteiger partial charge in [0.25, 0.3) is 5.16 Å². The van der Waals surface area contributed by atoms with Gasteiger partial charge in [-0.2, -0.15) is 0 Å². The number of ether oxygens (including phenoxy) is 1. The second-order valence-corrected chi connectivity index (χ2v) is 6.40. The van der Waals surface area contributed by atoms with Crippen molar-refractivity contribution in [1.29, 1.82) is 0 Å². The lowest BCUT2D eigenvalue weighted by Crippen LogP contribution is -2.31. The number of H-pyrrole nitrogens is 1. The molecular formula is C14H22N3OS+. The number of nitrogen functional groups attached to an aromatic ring is 1. The third kappa shape index (κ3) is 2.92. The molecule has 0 unspecified atom stereocenters. The van der Waals surface area contributed by atoms with Crippen LogP contribution < -0.4 is 10.7 Å². The number of rotatable bonds is 2. The monoisotopic (exact) mass is 280 g/mol. The molecule has 5 heteroatoms. The lowest BCUT2D eigenvalue weighted by atomic mass is 9.87. The third-order valence-corrected chi connectivity index (χ3v) is 4.01. The first kappa shape index (κ1) is 14.3. The highest BCUT2D eigenvalue weighted by Crippen LogP contribution is 2.37. The lowest BCUT2D eigenvalue weighted by molar-refractivity contribution is -0.417. The van der Waals surface area contributed by atoms with Crippen LogP contribution in [-0.2, 0) is 4.74 Å². The summed E-state index contributed by atoms with van der Waals surface area (Å²) < 4.78 is 5.82. The van der Waals surface area contributed by atoms with Gasteiger partial charge < -0.3 is 10.5 Å². The first-order valence-corrected chi connectivity index (χ1v) is 7.63. The van der Waals surface area contributed by atoms with E-state index in [-0.39, 0.29) is 5.60 Å². The van der Waals surface area contributed by atoms with Crippen molar-refractivity contribution >= 4 is 23.2 Å². The molecule has 0 amide bonds. The highest BCUT2D eigenvalue weighted by Gasteiger charge is 2.30. The molecule has 2 rings (SSSR count). The maximum Gasteiger partial charge on any atom is 0.296 e. The predicted octanol–water partition coefficient (Wildman–Crippen LogP) is 2.48. The van der Waals surface area contributed by atoms with Gasteiger partial charge in [0.15, 0.2) is 0 Å². The number of aromatic amines is 1. The predicted molar refractivity (Wildman–Crippen MR) is 79.0 cm³/mol. The van der Waals surface area contributed by atoms with E-state index in [9.17, 15) is 0 Å². The smallest absolute Gasteiger partial charge is 0.296 e. The highest BCUT2D eigenvalue weighted by molar-refractivity contribution is 7.98. The van der Waals surface area contributed by atoms with Crippen LogP contribution in [0.4, 0.5) is 5.82 Å². The summed E-state index contributed by atoms with van der Waals surface area (Å²) >= 11 is 1.57. The maximum absolute atomic E-state index is 6.20. The number of aryl methyl sites for hydroxylation is 1. The molecule has 0 saturated carbocycles. The van der Waals surface area contributed by atoms with E-state index in [0.29, 0.717) is 12.4 Å². The molecule has 0 saturated heterocycles. The van der Waals surface area contributed by atoms with Gasteiger partial charge >= 0.3 is 0 Å². The van der Waals surface area contributed by atoms with Crippen molar-refractivity contribution in [3.05, 3.63) is 16.8 Å². The third-order valence-electron chi connectivity index (χ3n) is 3.43. The molecule has 0 atom stereocenters. The van der Waals surface area contributed by atoms with Crippen LogP contribution in [0.1, 0.15) is 38.4 Å². The number of nitrogens with two attached hydrogens (primary N) is 1. The number of hydrogen-bond donors (Lipinski definition) is 1. The average molecular weight is 280 g/mol. The Kier molecular flexibility index (Phi) is 3.87. The topological polar surface area (TPSA) is 62.3 Å². The van der Waals surface area contributed by atoms with E-state index in [1.807, 2.05) is 13.2 Å². The van der Waals surface area contributed by atoms with Gasteiger partial charge in [0.1, 0.15) is 5.69 Å². The van der Waals surface area contributed by atoms with E-state index in [1.54, 1.807) is 11.8 Å². The fourth-order valence-corrected chi connectivity index (χ4v) is 2.85. The van der Waals surface area contributed by atoms with Crippen LogP contribution in [-0.4, -0.2) is 23.4 Å². The second-order valence-electron chi connectivity index (χ2n) is 5.60. The van der Waals surface area contributed by atoms with Gasteiger partial charge in [0.2, 0.25) is 5.82 Å². The molecule has 4 nitrogen and oxygen atoms in total. The molecule has 0 radical (unpaired) electrons. The summed E-state index contributed by atoms with van der Waals surface area (Å²) in [5.41, 5.74) is 10.6. The molecule has 1 aromatic rings. The van der Waals surface area contributed by atoms with Gasteiger partial charge in [-0.15, -0.1) is 4.98 Å². The van der Waals surface area contributed by atoms with Crippen molar-refractivity contribution in [2.45, 2.75) is 44.9 Å². The summed E-state index contributed by atoms with van der Waals surface area (Å²) in [6, 6.07) is 0. The molecule has 1 aliphatic heterocycles. The summed E-state index contributed by atoms with van der Waals surface area (Å²) in [6.07, 6.45) is 2.84. The lowest BCUT2D eigenvalue weighted by Gasteiger charge is -2.33. The van der Waals surface area contributed by atoms with Gasteiger partial charge in [0, 0.05) is 6.42 Å². The van der Waals surface area contributed by atoms with Crippen LogP contribution in [0.25, 0.3) is 5.57 Å². The Balaban J connectivity index is 2.52. The van der Waals surface area contributed by atoms with E-state index in [2.05, 4.69) is 30.7 Å². The molecule has 3 N–H and O–H groups in total. The quantitative estimate of drug-likeness (QED) is 0.668. The zero-order chi connectivity index (χ0) is 14.2. The normalized spacial score (nSPS) is 18.8. The van der Waals surface area contributed by atoms with Crippen LogP contribution >= 0.6 is 11.8 Å². The summed E-state index contributed by atoms with van der Waals surface area (Å²) in [4.78, 5) is 7.73. The largest absolute Gasteiger partial charge is 0.371 e. The molecule has 1 aliphatic rings. The number of hydrogen-bond acceptors (Lipinski definition) is 4. The molecule has 2 heterocycles. The average Bonchev–Trinajstić information content (AvgIpc) is 2.32. The van der Waals surface area contributed by atoms with E-state index in [1.165, 1.54) is 11.1 Å². The van der Waals surface area contributed by atoms with Gasteiger partial charge in [-0.05, 0) is 45.1 Å². The Labute approximate surface area is 118 Å². The van der Waals surface area contributed by atoms with E-state index in [4.69, 9.17) is 10.5 Å². The number of anilines is 1. The molecule has 0 aromatic carbocycles. The van der Waals surface area contributed by atoms with Crippen molar-refractivity contribution in [3.63, 3.8) is 0 Å². The summed E-state index contributed by atoms with van der Waals surface area (Å²) in [7, 11) is 0. The first-order chi connectivity index (χ1) is 8.84. The fraction of sp³-hybridized carbons (Fsp3) is 0.571. The highest BCUT2D eigenvalue weighted by atomic mass is 32.2. The van der Waals surface area contributed by atoms with E-state index in [0.717, 1.165) is 22.8 Å². The van der Waals surface area contributed by atoms with Crippen molar-refractivity contribution in [2.24, 2.45) is 0 Å². The Morgan fingerprint density at radius 2 is 2.05 bits per heavy atom. The molecule has 0 aliphatic carbocycles. The van der Waals surface area contributed by atoms with Crippen molar-refractivity contribution in [2.75, 3.05) is 18.6 Å². The SMILES string of the molecule is CSc1nc(C)c(C2=C(C)COC(C)(C)C2)c(N)[nH+]1. The molecule has 1 aromatic heterocycles. The van der Waals surface area contributed by atoms with Crippen LogP contribution in [0.15, 0.2) is 10.7 Å². The number of nitrogens with zero attached hydrogens (tertiary/aromatic N) is 1. The molecule has 104 valence electrons. The molecule has 0 fully saturated rings. The fourth-order valence-electron chi connectivity index (χ4n) is 2.41. The molecule has 0 bridgehead atoms.